The maximum absolute atomic E-state index is 12.0. The Bertz CT molecular complexity index is 317. The Balaban J connectivity index is 1.72. The molecule has 100 valence electrons. The first-order valence-corrected chi connectivity index (χ1v) is 8.42. The Morgan fingerprint density at radius 2 is 1.88 bits per heavy atom. The molecule has 0 aromatic heterocycles. The molecule has 0 bridgehead atoms. The maximum Gasteiger partial charge on any atom is 0.214 e. The van der Waals surface area contributed by atoms with Gasteiger partial charge in [-0.25, -0.2) is 13.1 Å². The lowest BCUT2D eigenvalue weighted by molar-refractivity contribution is 0.471. The van der Waals surface area contributed by atoms with E-state index in [-0.39, 0.29) is 5.25 Å². The van der Waals surface area contributed by atoms with Crippen LogP contribution < -0.4 is 10.0 Å². The number of nitrogens with one attached hydrogen (secondary N) is 2. The van der Waals surface area contributed by atoms with Crippen molar-refractivity contribution in [1.29, 1.82) is 0 Å². The second-order valence-corrected chi connectivity index (χ2v) is 7.39. The molecule has 0 spiro atoms. The molecule has 1 aliphatic carbocycles. The van der Waals surface area contributed by atoms with Gasteiger partial charge in [0.1, 0.15) is 0 Å². The number of rotatable bonds is 5. The van der Waals surface area contributed by atoms with E-state index in [9.17, 15) is 8.42 Å². The molecule has 1 atom stereocenters. The molecule has 17 heavy (non-hydrogen) atoms. The molecule has 1 unspecified atom stereocenters. The fourth-order valence-corrected chi connectivity index (χ4v) is 4.45. The first-order chi connectivity index (χ1) is 8.18. The molecule has 4 nitrogen and oxygen atoms in total. The molecule has 0 radical (unpaired) electrons. The van der Waals surface area contributed by atoms with E-state index in [0.29, 0.717) is 12.5 Å². The Labute approximate surface area is 105 Å². The second kappa shape index (κ2) is 6.16. The summed E-state index contributed by atoms with van der Waals surface area (Å²) in [5.41, 5.74) is 0. The standard InChI is InChI=1S/C12H24N2O2S/c15-17(16,12-4-2-1-3-5-12)14-9-7-11-6-8-13-10-11/h11-14H,1-10H2. The summed E-state index contributed by atoms with van der Waals surface area (Å²) in [6.07, 6.45) is 7.18. The highest BCUT2D eigenvalue weighted by atomic mass is 32.2. The van der Waals surface area contributed by atoms with Gasteiger partial charge in [0.05, 0.1) is 5.25 Å². The molecule has 1 heterocycles. The predicted molar refractivity (Wildman–Crippen MR) is 69.4 cm³/mol. The molecule has 5 heteroatoms. The van der Waals surface area contributed by atoms with Crippen molar-refractivity contribution in [2.75, 3.05) is 19.6 Å². The minimum absolute atomic E-state index is 0.127. The van der Waals surface area contributed by atoms with Crippen molar-refractivity contribution in [2.24, 2.45) is 5.92 Å². The summed E-state index contributed by atoms with van der Waals surface area (Å²) in [5.74, 6) is 0.657. The summed E-state index contributed by atoms with van der Waals surface area (Å²) in [4.78, 5) is 0. The highest BCUT2D eigenvalue weighted by molar-refractivity contribution is 7.90. The number of hydrogen-bond donors (Lipinski definition) is 2. The third kappa shape index (κ3) is 3.93. The fourth-order valence-electron chi connectivity index (χ4n) is 2.86. The zero-order chi connectivity index (χ0) is 12.1. The van der Waals surface area contributed by atoms with Gasteiger partial charge in [-0.1, -0.05) is 19.3 Å². The molecule has 0 aromatic rings. The SMILES string of the molecule is O=S(=O)(NCCC1CCNC1)C1CCCCC1. The predicted octanol–water partition coefficient (Wildman–Crippen LogP) is 1.24. The molecule has 2 N–H and O–H groups in total. The van der Waals surface area contributed by atoms with Crippen molar-refractivity contribution in [2.45, 2.75) is 50.2 Å². The van der Waals surface area contributed by atoms with E-state index in [1.54, 1.807) is 0 Å². The van der Waals surface area contributed by atoms with Crippen LogP contribution in [0, 0.1) is 5.92 Å². The van der Waals surface area contributed by atoms with E-state index in [2.05, 4.69) is 10.0 Å². The van der Waals surface area contributed by atoms with Crippen molar-refractivity contribution in [3.05, 3.63) is 0 Å². The number of sulfonamides is 1. The van der Waals surface area contributed by atoms with E-state index < -0.39 is 10.0 Å². The smallest absolute Gasteiger partial charge is 0.214 e. The zero-order valence-corrected chi connectivity index (χ0v) is 11.3. The summed E-state index contributed by atoms with van der Waals surface area (Å²) in [5, 5.41) is 3.18. The molecule has 0 amide bonds. The molecule has 1 saturated carbocycles. The summed E-state index contributed by atoms with van der Waals surface area (Å²) >= 11 is 0. The first-order valence-electron chi connectivity index (χ1n) is 6.88. The van der Waals surface area contributed by atoms with Crippen LogP contribution in [0.2, 0.25) is 0 Å². The lowest BCUT2D eigenvalue weighted by Gasteiger charge is -2.22. The van der Waals surface area contributed by atoms with Crippen LogP contribution in [0.25, 0.3) is 0 Å². The van der Waals surface area contributed by atoms with Gasteiger partial charge in [-0.05, 0) is 44.7 Å². The van der Waals surface area contributed by atoms with Gasteiger partial charge < -0.3 is 5.32 Å². The number of hydrogen-bond acceptors (Lipinski definition) is 3. The highest BCUT2D eigenvalue weighted by Crippen LogP contribution is 2.23. The molecule has 2 aliphatic rings. The van der Waals surface area contributed by atoms with Crippen molar-refractivity contribution in [3.63, 3.8) is 0 Å². The van der Waals surface area contributed by atoms with Gasteiger partial charge >= 0.3 is 0 Å². The third-order valence-corrected chi connectivity index (χ3v) is 5.96. The van der Waals surface area contributed by atoms with Gasteiger partial charge in [-0.3, -0.25) is 0 Å². The van der Waals surface area contributed by atoms with E-state index in [1.165, 1.54) is 12.8 Å². The van der Waals surface area contributed by atoms with E-state index in [4.69, 9.17) is 0 Å². The van der Waals surface area contributed by atoms with Gasteiger partial charge in [0.15, 0.2) is 0 Å². The largest absolute Gasteiger partial charge is 0.316 e. The van der Waals surface area contributed by atoms with Crippen molar-refractivity contribution < 1.29 is 8.42 Å². The minimum atomic E-state index is -3.05. The van der Waals surface area contributed by atoms with E-state index >= 15 is 0 Å². The van der Waals surface area contributed by atoms with E-state index in [0.717, 1.165) is 45.2 Å². The molecule has 1 saturated heterocycles. The molecular formula is C12H24N2O2S. The van der Waals surface area contributed by atoms with E-state index in [1.807, 2.05) is 0 Å². The summed E-state index contributed by atoms with van der Waals surface area (Å²) < 4.78 is 26.9. The Kier molecular flexibility index (Phi) is 4.82. The van der Waals surface area contributed by atoms with Crippen LogP contribution in [0.3, 0.4) is 0 Å². The Hall–Kier alpha value is -0.130. The van der Waals surface area contributed by atoms with Crippen molar-refractivity contribution in [3.8, 4) is 0 Å². The second-order valence-electron chi connectivity index (χ2n) is 5.35. The average Bonchev–Trinajstić information content (AvgIpc) is 2.83. The fraction of sp³-hybridized carbons (Fsp3) is 1.00. The van der Waals surface area contributed by atoms with Crippen LogP contribution in [-0.4, -0.2) is 33.3 Å². The molecule has 2 fully saturated rings. The zero-order valence-electron chi connectivity index (χ0n) is 10.5. The van der Waals surface area contributed by atoms with Crippen molar-refractivity contribution in [1.82, 2.24) is 10.0 Å². The van der Waals surface area contributed by atoms with Gasteiger partial charge in [0, 0.05) is 6.54 Å². The maximum atomic E-state index is 12.0. The average molecular weight is 260 g/mol. The molecular weight excluding hydrogens is 236 g/mol. The summed E-state index contributed by atoms with van der Waals surface area (Å²) in [6, 6.07) is 0. The van der Waals surface area contributed by atoms with Crippen LogP contribution in [0.4, 0.5) is 0 Å². The summed E-state index contributed by atoms with van der Waals surface area (Å²) in [7, 11) is -3.05. The van der Waals surface area contributed by atoms with Crippen LogP contribution in [0.1, 0.15) is 44.9 Å². The van der Waals surface area contributed by atoms with Gasteiger partial charge in [0.25, 0.3) is 0 Å². The molecule has 1 aliphatic heterocycles. The van der Waals surface area contributed by atoms with Gasteiger partial charge in [0.2, 0.25) is 10.0 Å². The van der Waals surface area contributed by atoms with Gasteiger partial charge in [-0.15, -0.1) is 0 Å². The van der Waals surface area contributed by atoms with Crippen LogP contribution >= 0.6 is 0 Å². The lowest BCUT2D eigenvalue weighted by Crippen LogP contribution is -2.36. The monoisotopic (exact) mass is 260 g/mol. The molecule has 2 rings (SSSR count). The third-order valence-electron chi connectivity index (χ3n) is 4.01. The highest BCUT2D eigenvalue weighted by Gasteiger charge is 2.26. The van der Waals surface area contributed by atoms with Crippen LogP contribution in [-0.2, 0) is 10.0 Å². The Morgan fingerprint density at radius 3 is 2.53 bits per heavy atom. The normalized spacial score (nSPS) is 27.4. The van der Waals surface area contributed by atoms with Crippen molar-refractivity contribution >= 4 is 10.0 Å². The molecule has 0 aromatic carbocycles. The minimum Gasteiger partial charge on any atom is -0.316 e. The Morgan fingerprint density at radius 1 is 1.12 bits per heavy atom. The quantitative estimate of drug-likeness (QED) is 0.782. The lowest BCUT2D eigenvalue weighted by atomic mass is 10.0. The first kappa shape index (κ1) is 13.3. The van der Waals surface area contributed by atoms with Crippen LogP contribution in [0.5, 0.6) is 0 Å². The summed E-state index contributed by atoms with van der Waals surface area (Å²) in [6.45, 7) is 2.75. The topological polar surface area (TPSA) is 58.2 Å². The van der Waals surface area contributed by atoms with Crippen LogP contribution in [0.15, 0.2) is 0 Å². The van der Waals surface area contributed by atoms with Gasteiger partial charge in [-0.2, -0.15) is 0 Å².